The number of fused-ring (bicyclic) bond motifs is 1. The highest BCUT2D eigenvalue weighted by Gasteiger charge is 2.17. The van der Waals surface area contributed by atoms with Crippen LogP contribution in [0.1, 0.15) is 12.5 Å². The zero-order valence-corrected chi connectivity index (χ0v) is 10.6. The summed E-state index contributed by atoms with van der Waals surface area (Å²) in [6, 6.07) is 13.8. The lowest BCUT2D eigenvalue weighted by atomic mass is 10.0. The second kappa shape index (κ2) is 5.19. The average molecular weight is 243 g/mol. The number of hydrogen-bond donors (Lipinski definition) is 1. The average Bonchev–Trinajstić information content (AvgIpc) is 2.38. The topological polar surface area (TPSA) is 40.5 Å². The first-order valence-electron chi connectivity index (χ1n) is 5.99. The van der Waals surface area contributed by atoms with Gasteiger partial charge in [-0.2, -0.15) is 0 Å². The SMILES string of the molecule is C[C@@H](C(=O)O)N(C)Cc1cccc2ccccc12. The summed E-state index contributed by atoms with van der Waals surface area (Å²) in [5.41, 5.74) is 1.16. The Morgan fingerprint density at radius 1 is 1.22 bits per heavy atom. The molecule has 1 N–H and O–H groups in total. The van der Waals surface area contributed by atoms with Gasteiger partial charge in [-0.05, 0) is 30.3 Å². The van der Waals surface area contributed by atoms with Crippen LogP contribution in [0.5, 0.6) is 0 Å². The molecule has 0 aliphatic carbocycles. The third-order valence-electron chi connectivity index (χ3n) is 3.32. The molecule has 0 aromatic heterocycles. The van der Waals surface area contributed by atoms with Crippen molar-refractivity contribution < 1.29 is 9.90 Å². The summed E-state index contributed by atoms with van der Waals surface area (Å²) in [4.78, 5) is 12.8. The molecule has 0 spiro atoms. The molecule has 0 unspecified atom stereocenters. The number of carboxylic acids is 1. The van der Waals surface area contributed by atoms with Crippen LogP contribution in [0.15, 0.2) is 42.5 Å². The second-order valence-corrected chi connectivity index (χ2v) is 4.57. The Balaban J connectivity index is 2.29. The summed E-state index contributed by atoms with van der Waals surface area (Å²) < 4.78 is 0. The van der Waals surface area contributed by atoms with Crippen LogP contribution in [0.3, 0.4) is 0 Å². The molecular formula is C15H17NO2. The molecule has 0 aliphatic rings. The smallest absolute Gasteiger partial charge is 0.320 e. The van der Waals surface area contributed by atoms with E-state index in [1.807, 2.05) is 36.2 Å². The highest BCUT2D eigenvalue weighted by molar-refractivity contribution is 5.85. The molecule has 18 heavy (non-hydrogen) atoms. The Morgan fingerprint density at radius 2 is 1.89 bits per heavy atom. The molecule has 2 aromatic rings. The highest BCUT2D eigenvalue weighted by Crippen LogP contribution is 2.20. The molecule has 3 nitrogen and oxygen atoms in total. The largest absolute Gasteiger partial charge is 0.480 e. The summed E-state index contributed by atoms with van der Waals surface area (Å²) in [6.45, 7) is 2.34. The molecule has 0 radical (unpaired) electrons. The third kappa shape index (κ3) is 2.51. The number of rotatable bonds is 4. The van der Waals surface area contributed by atoms with Crippen molar-refractivity contribution in [2.75, 3.05) is 7.05 Å². The molecule has 2 aromatic carbocycles. The Bertz CT molecular complexity index is 560. The minimum atomic E-state index is -0.794. The quantitative estimate of drug-likeness (QED) is 0.897. The summed E-state index contributed by atoms with van der Waals surface area (Å²) in [5, 5.41) is 11.4. The second-order valence-electron chi connectivity index (χ2n) is 4.57. The van der Waals surface area contributed by atoms with Crippen LogP contribution in [-0.2, 0) is 11.3 Å². The van der Waals surface area contributed by atoms with Gasteiger partial charge in [0.1, 0.15) is 6.04 Å². The van der Waals surface area contributed by atoms with E-state index in [0.29, 0.717) is 6.54 Å². The standard InChI is InChI=1S/C15H17NO2/c1-11(15(17)18)16(2)10-13-8-5-7-12-6-3-4-9-14(12)13/h3-9,11H,10H2,1-2H3,(H,17,18)/t11-/m0/s1. The van der Waals surface area contributed by atoms with Crippen LogP contribution in [0.2, 0.25) is 0 Å². The van der Waals surface area contributed by atoms with E-state index in [1.165, 1.54) is 10.8 Å². The minimum absolute atomic E-state index is 0.482. The monoisotopic (exact) mass is 243 g/mol. The number of hydrogen-bond acceptors (Lipinski definition) is 2. The molecule has 0 saturated carbocycles. The van der Waals surface area contributed by atoms with Crippen LogP contribution in [0.25, 0.3) is 10.8 Å². The first-order chi connectivity index (χ1) is 8.59. The molecule has 0 bridgehead atoms. The fourth-order valence-electron chi connectivity index (χ4n) is 2.02. The lowest BCUT2D eigenvalue weighted by molar-refractivity contribution is -0.142. The first kappa shape index (κ1) is 12.6. The van der Waals surface area contributed by atoms with E-state index in [2.05, 4.69) is 18.2 Å². The molecule has 94 valence electrons. The molecule has 0 saturated heterocycles. The van der Waals surface area contributed by atoms with Crippen molar-refractivity contribution in [1.29, 1.82) is 0 Å². The minimum Gasteiger partial charge on any atom is -0.480 e. The summed E-state index contributed by atoms with van der Waals surface area (Å²) in [7, 11) is 1.83. The van der Waals surface area contributed by atoms with Gasteiger partial charge in [0, 0.05) is 6.54 Å². The number of carboxylic acid groups (broad SMARTS) is 1. The Labute approximate surface area is 107 Å². The Hall–Kier alpha value is -1.87. The van der Waals surface area contributed by atoms with Crippen LogP contribution in [0.4, 0.5) is 0 Å². The van der Waals surface area contributed by atoms with Crippen molar-refractivity contribution in [3.05, 3.63) is 48.0 Å². The number of benzene rings is 2. The molecular weight excluding hydrogens is 226 g/mol. The molecule has 2 rings (SSSR count). The Kier molecular flexibility index (Phi) is 3.63. The van der Waals surface area contributed by atoms with Gasteiger partial charge in [0.05, 0.1) is 0 Å². The predicted molar refractivity (Wildman–Crippen MR) is 72.5 cm³/mol. The van der Waals surface area contributed by atoms with Crippen molar-refractivity contribution in [2.45, 2.75) is 19.5 Å². The van der Waals surface area contributed by atoms with Crippen LogP contribution >= 0.6 is 0 Å². The molecule has 1 atom stereocenters. The zero-order valence-electron chi connectivity index (χ0n) is 10.6. The number of carbonyl (C=O) groups is 1. The van der Waals surface area contributed by atoms with E-state index >= 15 is 0 Å². The van der Waals surface area contributed by atoms with Gasteiger partial charge < -0.3 is 5.11 Å². The predicted octanol–water partition coefficient (Wildman–Crippen LogP) is 2.74. The van der Waals surface area contributed by atoms with Crippen molar-refractivity contribution in [3.8, 4) is 0 Å². The maximum atomic E-state index is 11.0. The van der Waals surface area contributed by atoms with E-state index in [4.69, 9.17) is 5.11 Å². The first-order valence-corrected chi connectivity index (χ1v) is 5.99. The Morgan fingerprint density at radius 3 is 2.61 bits per heavy atom. The van der Waals surface area contributed by atoms with Gasteiger partial charge in [-0.1, -0.05) is 42.5 Å². The van der Waals surface area contributed by atoms with Crippen molar-refractivity contribution in [3.63, 3.8) is 0 Å². The molecule has 0 aliphatic heterocycles. The van der Waals surface area contributed by atoms with Crippen LogP contribution < -0.4 is 0 Å². The number of likely N-dealkylation sites (N-methyl/N-ethyl adjacent to an activating group) is 1. The molecule has 0 heterocycles. The normalized spacial score (nSPS) is 12.8. The fraction of sp³-hybridized carbons (Fsp3) is 0.267. The summed E-state index contributed by atoms with van der Waals surface area (Å²) >= 11 is 0. The van der Waals surface area contributed by atoms with Crippen LogP contribution in [-0.4, -0.2) is 29.1 Å². The maximum Gasteiger partial charge on any atom is 0.320 e. The van der Waals surface area contributed by atoms with Crippen molar-refractivity contribution >= 4 is 16.7 Å². The van der Waals surface area contributed by atoms with Gasteiger partial charge in [-0.3, -0.25) is 9.69 Å². The van der Waals surface area contributed by atoms with Gasteiger partial charge in [0.25, 0.3) is 0 Å². The van der Waals surface area contributed by atoms with Crippen molar-refractivity contribution in [1.82, 2.24) is 4.90 Å². The number of nitrogens with zero attached hydrogens (tertiary/aromatic N) is 1. The molecule has 0 fully saturated rings. The fourth-order valence-corrected chi connectivity index (χ4v) is 2.02. The lowest BCUT2D eigenvalue weighted by Crippen LogP contribution is -2.35. The van der Waals surface area contributed by atoms with Gasteiger partial charge >= 0.3 is 5.97 Å². The molecule has 3 heteroatoms. The van der Waals surface area contributed by atoms with Gasteiger partial charge in [0.2, 0.25) is 0 Å². The third-order valence-corrected chi connectivity index (χ3v) is 3.32. The summed E-state index contributed by atoms with van der Waals surface area (Å²) in [6.07, 6.45) is 0. The van der Waals surface area contributed by atoms with Crippen molar-refractivity contribution in [2.24, 2.45) is 0 Å². The summed E-state index contributed by atoms with van der Waals surface area (Å²) in [5.74, 6) is -0.794. The number of aliphatic carboxylic acids is 1. The van der Waals surface area contributed by atoms with E-state index in [9.17, 15) is 4.79 Å². The lowest BCUT2D eigenvalue weighted by Gasteiger charge is -2.21. The molecule has 0 amide bonds. The van der Waals surface area contributed by atoms with E-state index < -0.39 is 12.0 Å². The van der Waals surface area contributed by atoms with Gasteiger partial charge in [-0.15, -0.1) is 0 Å². The zero-order chi connectivity index (χ0) is 13.1. The van der Waals surface area contributed by atoms with Gasteiger partial charge in [0.15, 0.2) is 0 Å². The van der Waals surface area contributed by atoms with Gasteiger partial charge in [-0.25, -0.2) is 0 Å². The van der Waals surface area contributed by atoms with Crippen LogP contribution in [0, 0.1) is 0 Å². The van der Waals surface area contributed by atoms with E-state index in [0.717, 1.165) is 5.56 Å². The maximum absolute atomic E-state index is 11.0. The highest BCUT2D eigenvalue weighted by atomic mass is 16.4. The van der Waals surface area contributed by atoms with E-state index in [1.54, 1.807) is 6.92 Å². The van der Waals surface area contributed by atoms with E-state index in [-0.39, 0.29) is 0 Å².